The second kappa shape index (κ2) is 5.82. The van der Waals surface area contributed by atoms with Crippen LogP contribution in [0.4, 0.5) is 0 Å². The van der Waals surface area contributed by atoms with Crippen LogP contribution in [0.1, 0.15) is 39.2 Å². The fourth-order valence-corrected chi connectivity index (χ4v) is 3.51. The highest BCUT2D eigenvalue weighted by Crippen LogP contribution is 2.21. The molecule has 0 amide bonds. The molecule has 4 nitrogen and oxygen atoms in total. The first-order chi connectivity index (χ1) is 8.38. The Kier molecular flexibility index (Phi) is 4.90. The zero-order chi connectivity index (χ0) is 13.8. The van der Waals surface area contributed by atoms with E-state index in [-0.39, 0.29) is 11.4 Å². The Morgan fingerprint density at radius 2 is 1.78 bits per heavy atom. The van der Waals surface area contributed by atoms with Crippen LogP contribution in [-0.4, -0.2) is 14.0 Å². The Hall–Kier alpha value is -0.910. The van der Waals surface area contributed by atoms with E-state index in [0.29, 0.717) is 5.56 Å². The summed E-state index contributed by atoms with van der Waals surface area (Å²) in [5.74, 6) is 0. The van der Waals surface area contributed by atoms with Gasteiger partial charge in [-0.05, 0) is 31.4 Å². The molecule has 0 spiro atoms. The average molecular weight is 270 g/mol. The molecule has 0 aromatic heterocycles. The molecule has 1 aromatic carbocycles. The molecule has 0 fully saturated rings. The van der Waals surface area contributed by atoms with Crippen LogP contribution >= 0.6 is 0 Å². The van der Waals surface area contributed by atoms with Crippen molar-refractivity contribution in [2.45, 2.75) is 50.6 Å². The fraction of sp³-hybridized carbons (Fsp3) is 0.538. The Morgan fingerprint density at radius 3 is 2.28 bits per heavy atom. The largest absolute Gasteiger partial charge is 0.326 e. The second-order valence-corrected chi connectivity index (χ2v) is 6.34. The molecule has 5 heteroatoms. The maximum Gasteiger partial charge on any atom is 0.241 e. The minimum atomic E-state index is -3.51. The summed E-state index contributed by atoms with van der Waals surface area (Å²) in [5.41, 5.74) is 5.81. The van der Waals surface area contributed by atoms with Crippen molar-refractivity contribution >= 4 is 10.0 Å². The van der Waals surface area contributed by atoms with E-state index in [2.05, 4.69) is 4.72 Å². The summed E-state index contributed by atoms with van der Waals surface area (Å²) in [6, 6.07) is 6.84. The van der Waals surface area contributed by atoms with Crippen LogP contribution in [0.2, 0.25) is 0 Å². The van der Waals surface area contributed by atoms with Crippen molar-refractivity contribution < 1.29 is 8.42 Å². The molecule has 1 aromatic rings. The molecule has 0 radical (unpaired) electrons. The van der Waals surface area contributed by atoms with Gasteiger partial charge >= 0.3 is 0 Å². The van der Waals surface area contributed by atoms with E-state index in [1.165, 1.54) is 0 Å². The summed E-state index contributed by atoms with van der Waals surface area (Å²) in [4.78, 5) is 0.278. The first-order valence-corrected chi connectivity index (χ1v) is 7.69. The van der Waals surface area contributed by atoms with Crippen LogP contribution in [0.5, 0.6) is 0 Å². The van der Waals surface area contributed by atoms with Crippen molar-refractivity contribution in [3.63, 3.8) is 0 Å². The number of sulfonamides is 1. The van der Waals surface area contributed by atoms with E-state index in [0.717, 1.165) is 12.8 Å². The average Bonchev–Trinajstić information content (AvgIpc) is 2.38. The van der Waals surface area contributed by atoms with Gasteiger partial charge in [-0.2, -0.15) is 0 Å². The Morgan fingerprint density at radius 1 is 1.22 bits per heavy atom. The van der Waals surface area contributed by atoms with Crippen molar-refractivity contribution in [2.75, 3.05) is 0 Å². The molecule has 0 aliphatic rings. The van der Waals surface area contributed by atoms with E-state index in [9.17, 15) is 8.42 Å². The van der Waals surface area contributed by atoms with E-state index in [1.54, 1.807) is 24.3 Å². The molecule has 0 saturated heterocycles. The lowest BCUT2D eigenvalue weighted by Gasteiger charge is -2.28. The van der Waals surface area contributed by atoms with Crippen LogP contribution in [0.15, 0.2) is 29.2 Å². The van der Waals surface area contributed by atoms with Crippen LogP contribution in [0, 0.1) is 0 Å². The van der Waals surface area contributed by atoms with Gasteiger partial charge in [-0.3, -0.25) is 0 Å². The summed E-state index contributed by atoms with van der Waals surface area (Å²) < 4.78 is 27.5. The van der Waals surface area contributed by atoms with Crippen LogP contribution in [0.25, 0.3) is 0 Å². The molecule has 3 N–H and O–H groups in total. The van der Waals surface area contributed by atoms with Crippen molar-refractivity contribution in [1.82, 2.24) is 4.72 Å². The summed E-state index contributed by atoms with van der Waals surface area (Å²) in [6.07, 6.45) is 1.49. The van der Waals surface area contributed by atoms with Crippen molar-refractivity contribution in [3.8, 4) is 0 Å². The molecule has 18 heavy (non-hydrogen) atoms. The van der Waals surface area contributed by atoms with Gasteiger partial charge in [-0.15, -0.1) is 0 Å². The van der Waals surface area contributed by atoms with E-state index >= 15 is 0 Å². The van der Waals surface area contributed by atoms with Crippen LogP contribution in [0.3, 0.4) is 0 Å². The summed E-state index contributed by atoms with van der Waals surface area (Å²) in [5, 5.41) is 0. The third kappa shape index (κ3) is 3.31. The normalized spacial score (nSPS) is 12.7. The quantitative estimate of drug-likeness (QED) is 0.830. The molecule has 0 aliphatic carbocycles. The molecule has 0 bridgehead atoms. The summed E-state index contributed by atoms with van der Waals surface area (Å²) >= 11 is 0. The second-order valence-electron chi connectivity index (χ2n) is 4.69. The van der Waals surface area contributed by atoms with Gasteiger partial charge in [0.2, 0.25) is 10.0 Å². The predicted molar refractivity (Wildman–Crippen MR) is 73.6 cm³/mol. The molecule has 1 rings (SSSR count). The summed E-state index contributed by atoms with van der Waals surface area (Å²) in [6.45, 7) is 6.07. The zero-order valence-electron chi connectivity index (χ0n) is 11.2. The van der Waals surface area contributed by atoms with Crippen LogP contribution in [-0.2, 0) is 16.6 Å². The molecule has 0 unspecified atom stereocenters. The molecule has 0 heterocycles. The zero-order valence-corrected chi connectivity index (χ0v) is 12.0. The number of hydrogen-bond acceptors (Lipinski definition) is 3. The van der Waals surface area contributed by atoms with Gasteiger partial charge in [0, 0.05) is 12.1 Å². The number of rotatable bonds is 6. The molecule has 102 valence electrons. The minimum absolute atomic E-state index is 0.214. The lowest BCUT2D eigenvalue weighted by molar-refractivity contribution is 0.388. The number of benzene rings is 1. The Balaban J connectivity index is 3.14. The van der Waals surface area contributed by atoms with Gasteiger partial charge in [-0.25, -0.2) is 13.1 Å². The fourth-order valence-electron chi connectivity index (χ4n) is 1.71. The van der Waals surface area contributed by atoms with Crippen LogP contribution < -0.4 is 10.5 Å². The van der Waals surface area contributed by atoms with Crippen molar-refractivity contribution in [1.29, 1.82) is 0 Å². The Bertz CT molecular complexity index is 493. The monoisotopic (exact) mass is 270 g/mol. The highest BCUT2D eigenvalue weighted by Gasteiger charge is 2.28. The maximum absolute atomic E-state index is 12.4. The van der Waals surface area contributed by atoms with Gasteiger partial charge < -0.3 is 5.73 Å². The van der Waals surface area contributed by atoms with Gasteiger partial charge in [0.05, 0.1) is 4.90 Å². The van der Waals surface area contributed by atoms with Crippen molar-refractivity contribution in [2.24, 2.45) is 5.73 Å². The number of nitrogens with two attached hydrogens (primary N) is 1. The SMILES string of the molecule is CCC(C)(CC)NS(=O)(=O)c1ccccc1CN. The molecule has 0 atom stereocenters. The van der Waals surface area contributed by atoms with Gasteiger partial charge in [0.25, 0.3) is 0 Å². The molecular formula is C13H22N2O2S. The number of hydrogen-bond donors (Lipinski definition) is 2. The third-order valence-corrected chi connectivity index (χ3v) is 5.16. The third-order valence-electron chi connectivity index (χ3n) is 3.42. The lowest BCUT2D eigenvalue weighted by Crippen LogP contribution is -2.45. The van der Waals surface area contributed by atoms with E-state index in [1.807, 2.05) is 20.8 Å². The Labute approximate surface area is 110 Å². The molecular weight excluding hydrogens is 248 g/mol. The maximum atomic E-state index is 12.4. The summed E-state index contributed by atoms with van der Waals surface area (Å²) in [7, 11) is -3.51. The van der Waals surface area contributed by atoms with Crippen molar-refractivity contribution in [3.05, 3.63) is 29.8 Å². The minimum Gasteiger partial charge on any atom is -0.326 e. The highest BCUT2D eigenvalue weighted by molar-refractivity contribution is 7.89. The molecule has 0 saturated carbocycles. The number of nitrogens with one attached hydrogen (secondary N) is 1. The standard InChI is InChI=1S/C13H22N2O2S/c1-4-13(3,5-2)15-18(16,17)12-9-7-6-8-11(12)10-14/h6-9,15H,4-5,10,14H2,1-3H3. The van der Waals surface area contributed by atoms with Gasteiger partial charge in [0.15, 0.2) is 0 Å². The predicted octanol–water partition coefficient (Wildman–Crippen LogP) is 2.00. The van der Waals surface area contributed by atoms with Gasteiger partial charge in [-0.1, -0.05) is 32.0 Å². The van der Waals surface area contributed by atoms with E-state index < -0.39 is 15.6 Å². The highest BCUT2D eigenvalue weighted by atomic mass is 32.2. The topological polar surface area (TPSA) is 72.2 Å². The van der Waals surface area contributed by atoms with Gasteiger partial charge in [0.1, 0.15) is 0 Å². The van der Waals surface area contributed by atoms with E-state index in [4.69, 9.17) is 5.73 Å². The smallest absolute Gasteiger partial charge is 0.241 e. The first-order valence-electron chi connectivity index (χ1n) is 6.20. The molecule has 0 aliphatic heterocycles. The first kappa shape index (κ1) is 15.1. The lowest BCUT2D eigenvalue weighted by atomic mass is 9.98.